The molecule has 1 saturated heterocycles. The number of para-hydroxylation sites is 1. The van der Waals surface area contributed by atoms with Crippen LogP contribution in [-0.4, -0.2) is 66.0 Å². The lowest BCUT2D eigenvalue weighted by atomic mass is 9.92. The average Bonchev–Trinajstić information content (AvgIpc) is 2.97. The summed E-state index contributed by atoms with van der Waals surface area (Å²) < 4.78 is 5.90. The van der Waals surface area contributed by atoms with Crippen LogP contribution in [0.2, 0.25) is 0 Å². The topological polar surface area (TPSA) is 107 Å². The number of piperidine rings is 1. The van der Waals surface area contributed by atoms with Crippen LogP contribution in [0, 0.1) is 5.41 Å². The lowest BCUT2D eigenvalue weighted by Gasteiger charge is -2.34. The second-order valence-corrected chi connectivity index (χ2v) is 11.4. The monoisotopic (exact) mass is 598 g/mol. The molecular formula is C36H50N6O2. The van der Waals surface area contributed by atoms with Crippen molar-refractivity contribution in [2.24, 2.45) is 10.7 Å². The number of aliphatic imine (C=N–C) groups is 1. The molecule has 1 heterocycles. The van der Waals surface area contributed by atoms with Crippen LogP contribution >= 0.6 is 0 Å². The van der Waals surface area contributed by atoms with Crippen LogP contribution in [0.15, 0.2) is 95.8 Å². The molecule has 236 valence electrons. The van der Waals surface area contributed by atoms with Gasteiger partial charge in [0, 0.05) is 43.0 Å². The lowest BCUT2D eigenvalue weighted by Crippen LogP contribution is -2.42. The van der Waals surface area contributed by atoms with Crippen molar-refractivity contribution < 1.29 is 9.53 Å². The fourth-order valence-electron chi connectivity index (χ4n) is 5.08. The van der Waals surface area contributed by atoms with E-state index < -0.39 is 0 Å². The number of carbonyl (C=O) groups is 1. The molecule has 1 saturated carbocycles. The van der Waals surface area contributed by atoms with Gasteiger partial charge in [-0.15, -0.1) is 0 Å². The second kappa shape index (κ2) is 17.8. The van der Waals surface area contributed by atoms with Crippen molar-refractivity contribution in [2.75, 3.05) is 26.7 Å². The Bertz CT molecular complexity index is 1310. The van der Waals surface area contributed by atoms with E-state index in [0.717, 1.165) is 25.1 Å². The number of allylic oxidation sites excluding steroid dienone is 1. The molecule has 1 amide bonds. The Labute approximate surface area is 263 Å². The number of amidine groups is 1. The third kappa shape index (κ3) is 10.2. The number of carbonyl (C=O) groups excluding carboxylic acids is 1. The molecule has 2 aromatic carbocycles. The maximum Gasteiger partial charge on any atom is 0.246 e. The van der Waals surface area contributed by atoms with Crippen LogP contribution in [0.1, 0.15) is 64.9 Å². The van der Waals surface area contributed by atoms with Gasteiger partial charge in [0.25, 0.3) is 0 Å². The number of nitrogens with two attached hydrogens (primary N) is 1. The number of likely N-dealkylation sites (N-methyl/N-ethyl adjacent to an activating group) is 1. The molecule has 8 heteroatoms. The number of nitrogens with one attached hydrogen (secondary N) is 2. The van der Waals surface area contributed by atoms with E-state index in [1.54, 1.807) is 19.2 Å². The molecule has 0 bridgehead atoms. The highest BCUT2D eigenvalue weighted by Gasteiger charge is 2.25. The average molecular weight is 599 g/mol. The number of nitrogens with zero attached hydrogens (tertiary/aromatic N) is 3. The molecule has 8 nitrogen and oxygen atoms in total. The number of ether oxygens (including phenoxy) is 1. The Morgan fingerprint density at radius 1 is 1.11 bits per heavy atom. The molecule has 44 heavy (non-hydrogen) atoms. The van der Waals surface area contributed by atoms with E-state index in [2.05, 4.69) is 37.7 Å². The summed E-state index contributed by atoms with van der Waals surface area (Å²) in [5.74, 6) is 1.92. The molecule has 0 radical (unpaired) electrons. The van der Waals surface area contributed by atoms with Crippen LogP contribution in [-0.2, 0) is 4.79 Å². The van der Waals surface area contributed by atoms with Crippen molar-refractivity contribution in [3.05, 3.63) is 96.4 Å². The predicted molar refractivity (Wildman–Crippen MR) is 182 cm³/mol. The summed E-state index contributed by atoms with van der Waals surface area (Å²) in [4.78, 5) is 22.1. The maximum atomic E-state index is 12.9. The zero-order valence-electron chi connectivity index (χ0n) is 26.9. The third-order valence-electron chi connectivity index (χ3n) is 7.61. The Balaban J connectivity index is 0.00000169. The summed E-state index contributed by atoms with van der Waals surface area (Å²) in [5.41, 5.74) is 8.21. The predicted octanol–water partition coefficient (Wildman–Crippen LogP) is 6.66. The van der Waals surface area contributed by atoms with E-state index in [-0.39, 0.29) is 17.7 Å². The van der Waals surface area contributed by atoms with Gasteiger partial charge in [0.15, 0.2) is 0 Å². The van der Waals surface area contributed by atoms with Gasteiger partial charge in [-0.1, -0.05) is 57.5 Å². The van der Waals surface area contributed by atoms with Gasteiger partial charge in [0.1, 0.15) is 17.3 Å². The highest BCUT2D eigenvalue weighted by Crippen LogP contribution is 2.24. The van der Waals surface area contributed by atoms with Gasteiger partial charge in [-0.25, -0.2) is 0 Å². The van der Waals surface area contributed by atoms with E-state index >= 15 is 0 Å². The zero-order chi connectivity index (χ0) is 31.9. The third-order valence-corrected chi connectivity index (χ3v) is 7.61. The van der Waals surface area contributed by atoms with Crippen molar-refractivity contribution in [3.8, 4) is 11.5 Å². The van der Waals surface area contributed by atoms with Gasteiger partial charge in [-0.3, -0.25) is 20.1 Å². The minimum atomic E-state index is -0.120. The first kappa shape index (κ1) is 34.3. The van der Waals surface area contributed by atoms with Crippen LogP contribution in [0.4, 0.5) is 0 Å². The van der Waals surface area contributed by atoms with E-state index in [4.69, 9.17) is 20.9 Å². The van der Waals surface area contributed by atoms with Crippen LogP contribution < -0.4 is 15.8 Å². The first-order valence-corrected chi connectivity index (χ1v) is 15.8. The number of amides is 1. The first-order valence-electron chi connectivity index (χ1n) is 15.8. The van der Waals surface area contributed by atoms with Crippen molar-refractivity contribution in [1.82, 2.24) is 15.1 Å². The smallest absolute Gasteiger partial charge is 0.246 e. The quantitative estimate of drug-likeness (QED) is 0.152. The van der Waals surface area contributed by atoms with Gasteiger partial charge in [-0.05, 0) is 82.3 Å². The van der Waals surface area contributed by atoms with Crippen LogP contribution in [0.25, 0.3) is 0 Å². The highest BCUT2D eigenvalue weighted by molar-refractivity contribution is 6.29. The largest absolute Gasteiger partial charge is 0.457 e. The summed E-state index contributed by atoms with van der Waals surface area (Å²) in [6, 6.07) is 17.4. The van der Waals surface area contributed by atoms with Crippen molar-refractivity contribution in [2.45, 2.75) is 71.4 Å². The normalized spacial score (nSPS) is 17.7. The fourth-order valence-corrected chi connectivity index (χ4v) is 5.08. The van der Waals surface area contributed by atoms with Crippen molar-refractivity contribution in [1.29, 1.82) is 5.41 Å². The molecule has 1 aliphatic carbocycles. The SMILES string of the molecule is C=CNC(=NC1CCCN(C(=O)/C=C/CN(C)C2CCC2)C1)/C(C(=N)c1ccc(Oc2ccccc2)cc1)=C(\C)N.CCC. The maximum absolute atomic E-state index is 12.9. The number of benzene rings is 2. The van der Waals surface area contributed by atoms with Gasteiger partial charge in [0.2, 0.25) is 5.91 Å². The van der Waals surface area contributed by atoms with Gasteiger partial charge in [0.05, 0.1) is 17.3 Å². The summed E-state index contributed by atoms with van der Waals surface area (Å²) >= 11 is 0. The Hall–Kier alpha value is -4.17. The Morgan fingerprint density at radius 3 is 2.36 bits per heavy atom. The molecule has 4 N–H and O–H groups in total. The number of hydrogen-bond donors (Lipinski definition) is 3. The molecule has 4 rings (SSSR count). The molecule has 2 aliphatic rings. The van der Waals surface area contributed by atoms with E-state index in [9.17, 15) is 4.79 Å². The number of hydrogen-bond acceptors (Lipinski definition) is 6. The van der Waals surface area contributed by atoms with Crippen molar-refractivity contribution in [3.63, 3.8) is 0 Å². The highest BCUT2D eigenvalue weighted by atomic mass is 16.5. The van der Waals surface area contributed by atoms with Crippen LogP contribution in [0.3, 0.4) is 0 Å². The zero-order valence-corrected chi connectivity index (χ0v) is 26.9. The molecule has 1 aliphatic heterocycles. The molecule has 1 atom stereocenters. The minimum Gasteiger partial charge on any atom is -0.457 e. The molecular weight excluding hydrogens is 548 g/mol. The Morgan fingerprint density at radius 2 is 1.77 bits per heavy atom. The van der Waals surface area contributed by atoms with Gasteiger partial charge in [-0.2, -0.15) is 0 Å². The minimum absolute atomic E-state index is 0.0152. The van der Waals surface area contributed by atoms with Crippen molar-refractivity contribution >= 4 is 17.5 Å². The van der Waals surface area contributed by atoms with Crippen LogP contribution in [0.5, 0.6) is 11.5 Å². The molecule has 0 aromatic heterocycles. The summed E-state index contributed by atoms with van der Waals surface area (Å²) in [6.07, 6.45) is 11.9. The number of rotatable bonds is 11. The standard InChI is InChI=1S/C33H42N6O2.C3H8/c1-4-36-33(37-26-11-9-22-39(23-26)30(40)16-10-21-38(3)27-12-8-13-27)31(24(2)34)32(35)25-17-19-29(20-18-25)41-28-14-6-5-7-15-28;1-3-2/h4-7,10,14-20,26-27,35H,1,8-9,11-13,21-23,34H2,2-3H3,(H,36,37);3H2,1-2H3/b16-10+,31-24+,35-32?;. The molecule has 2 aromatic rings. The fraction of sp³-hybridized carbons (Fsp3) is 0.417. The van der Waals surface area contributed by atoms with E-state index in [1.165, 1.54) is 25.7 Å². The summed E-state index contributed by atoms with van der Waals surface area (Å²) in [6.45, 7) is 11.8. The summed E-state index contributed by atoms with van der Waals surface area (Å²) in [7, 11) is 2.12. The summed E-state index contributed by atoms with van der Waals surface area (Å²) in [5, 5.41) is 12.1. The second-order valence-electron chi connectivity index (χ2n) is 11.4. The molecule has 2 fully saturated rings. The Kier molecular flexibility index (Phi) is 13.9. The van der Waals surface area contributed by atoms with E-state index in [0.29, 0.717) is 47.6 Å². The van der Waals surface area contributed by atoms with Gasteiger partial charge >= 0.3 is 0 Å². The molecule has 1 unspecified atom stereocenters. The van der Waals surface area contributed by atoms with Gasteiger partial charge < -0.3 is 20.7 Å². The number of likely N-dealkylation sites (tertiary alicyclic amines) is 1. The first-order chi connectivity index (χ1) is 21.3. The van der Waals surface area contributed by atoms with E-state index in [1.807, 2.05) is 65.6 Å². The lowest BCUT2D eigenvalue weighted by molar-refractivity contribution is -0.127. The molecule has 0 spiro atoms.